The van der Waals surface area contributed by atoms with Crippen LogP contribution in [0, 0.1) is 0 Å². The van der Waals surface area contributed by atoms with Crippen molar-refractivity contribution in [2.24, 2.45) is 0 Å². The molecule has 0 aromatic heterocycles. The van der Waals surface area contributed by atoms with Gasteiger partial charge in [-0.2, -0.15) is 0 Å². The predicted molar refractivity (Wildman–Crippen MR) is 132 cm³/mol. The van der Waals surface area contributed by atoms with E-state index in [1.54, 1.807) is 0 Å². The van der Waals surface area contributed by atoms with E-state index >= 15 is 0 Å². The minimum atomic E-state index is -0.491. The van der Waals surface area contributed by atoms with Crippen molar-refractivity contribution in [3.63, 3.8) is 0 Å². The number of aryl methyl sites for hydroxylation is 1. The van der Waals surface area contributed by atoms with Crippen molar-refractivity contribution in [1.82, 2.24) is 4.90 Å². The molecule has 2 aromatic carbocycles. The van der Waals surface area contributed by atoms with E-state index in [1.807, 2.05) is 0 Å². The van der Waals surface area contributed by atoms with Gasteiger partial charge in [0.1, 0.15) is 11.5 Å². The number of fused-ring (bicyclic) bond motifs is 6. The van der Waals surface area contributed by atoms with Crippen molar-refractivity contribution in [2.45, 2.75) is 83.1 Å². The van der Waals surface area contributed by atoms with Crippen LogP contribution in [-0.4, -0.2) is 40.8 Å². The largest absolute Gasteiger partial charge is 0.491 e. The molecule has 2 aliphatic heterocycles. The summed E-state index contributed by atoms with van der Waals surface area (Å²) in [5.74, 6) is 1.15. The number of rotatable bonds is 7. The monoisotopic (exact) mass is 461 g/mol. The number of hydrogen-bond acceptors (Lipinski definition) is 5. The van der Waals surface area contributed by atoms with Gasteiger partial charge in [0.2, 0.25) is 0 Å². The van der Waals surface area contributed by atoms with Crippen LogP contribution in [0.3, 0.4) is 0 Å². The third kappa shape index (κ3) is 4.77. The highest BCUT2D eigenvalue weighted by Crippen LogP contribution is 2.50. The van der Waals surface area contributed by atoms with Crippen LogP contribution in [0.5, 0.6) is 5.75 Å². The minimum Gasteiger partial charge on any atom is -0.491 e. The Kier molecular flexibility index (Phi) is 6.75. The van der Waals surface area contributed by atoms with Crippen molar-refractivity contribution in [3.8, 4) is 5.75 Å². The Balaban J connectivity index is 1.38. The Hall–Kier alpha value is -2.63. The van der Waals surface area contributed by atoms with Gasteiger partial charge < -0.3 is 14.6 Å². The van der Waals surface area contributed by atoms with Crippen molar-refractivity contribution in [2.75, 3.05) is 6.54 Å². The maximum Gasteiger partial charge on any atom is 0.307 e. The summed E-state index contributed by atoms with van der Waals surface area (Å²) >= 11 is 0. The molecule has 4 atom stereocenters. The average Bonchev–Trinajstić information content (AvgIpc) is 3.29. The van der Waals surface area contributed by atoms with Crippen molar-refractivity contribution in [1.29, 1.82) is 0 Å². The highest BCUT2D eigenvalue weighted by Gasteiger charge is 2.45. The molecule has 3 unspecified atom stereocenters. The van der Waals surface area contributed by atoms with E-state index in [2.05, 4.69) is 60.4 Å². The van der Waals surface area contributed by atoms with Crippen LogP contribution >= 0.6 is 0 Å². The summed E-state index contributed by atoms with van der Waals surface area (Å²) in [6.45, 7) is 4.57. The van der Waals surface area contributed by atoms with Gasteiger partial charge in [-0.1, -0.05) is 36.4 Å². The highest BCUT2D eigenvalue weighted by molar-refractivity contribution is 5.80. The fraction of sp³-hybridized carbons (Fsp3) is 0.483. The molecule has 0 saturated carbocycles. The fourth-order valence-electron chi connectivity index (χ4n) is 6.03. The lowest BCUT2D eigenvalue weighted by Crippen LogP contribution is -2.44. The number of carbonyl (C=O) groups is 1. The quantitative estimate of drug-likeness (QED) is 0.558. The second kappa shape index (κ2) is 9.93. The first-order chi connectivity index (χ1) is 16.5. The van der Waals surface area contributed by atoms with E-state index in [-0.39, 0.29) is 18.1 Å². The van der Waals surface area contributed by atoms with E-state index in [0.29, 0.717) is 24.6 Å². The summed E-state index contributed by atoms with van der Waals surface area (Å²) in [6, 6.07) is 17.4. The lowest BCUT2D eigenvalue weighted by molar-refractivity contribution is -0.137. The smallest absolute Gasteiger partial charge is 0.307 e. The molecule has 0 bridgehead atoms. The van der Waals surface area contributed by atoms with Crippen LogP contribution in [-0.2, 0) is 16.0 Å². The third-order valence-electron chi connectivity index (χ3n) is 7.44. The Morgan fingerprint density at radius 2 is 2.00 bits per heavy atom. The molecule has 5 heteroatoms. The summed E-state index contributed by atoms with van der Waals surface area (Å²) in [5, 5.41) is 10.6. The molecule has 0 radical (unpaired) electrons. The Morgan fingerprint density at radius 1 is 1.18 bits per heavy atom. The van der Waals surface area contributed by atoms with Crippen molar-refractivity contribution >= 4 is 11.5 Å². The van der Waals surface area contributed by atoms with E-state index in [0.717, 1.165) is 55.5 Å². The summed E-state index contributed by atoms with van der Waals surface area (Å²) in [4.78, 5) is 14.4. The molecule has 0 amide bonds. The van der Waals surface area contributed by atoms with E-state index < -0.39 is 6.10 Å². The standard InChI is InChI=1S/C29H35NO4/c1-19(8-6-11-21-9-4-3-5-10-21)33-23-13-14-24-25(18-23)29-27(30-15-7-12-26(24)30)16-22(32)17-28(29)34-20(2)31/h3-5,9-10,13-14,18-19,22,26-27,32H,6-8,11-12,15-17H2,1-2H3/t19-,22?,26?,27?/m1/s1. The van der Waals surface area contributed by atoms with Crippen LogP contribution in [0.25, 0.3) is 5.57 Å². The zero-order valence-electron chi connectivity index (χ0n) is 20.2. The number of aliphatic hydroxyl groups is 1. The number of carbonyl (C=O) groups excluding carboxylic acids is 1. The summed E-state index contributed by atoms with van der Waals surface area (Å²) in [5.41, 5.74) is 4.84. The zero-order valence-corrected chi connectivity index (χ0v) is 20.2. The highest BCUT2D eigenvalue weighted by atomic mass is 16.5. The van der Waals surface area contributed by atoms with Gasteiger partial charge in [-0.05, 0) is 80.8 Å². The summed E-state index contributed by atoms with van der Waals surface area (Å²) in [7, 11) is 0. The van der Waals surface area contributed by atoms with Crippen LogP contribution in [0.1, 0.15) is 75.1 Å². The molecular formula is C29H35NO4. The molecule has 2 heterocycles. The second-order valence-electron chi connectivity index (χ2n) is 9.99. The summed E-state index contributed by atoms with van der Waals surface area (Å²) < 4.78 is 12.0. The molecule has 2 aromatic rings. The number of hydrogen-bond donors (Lipinski definition) is 1. The van der Waals surface area contributed by atoms with Gasteiger partial charge in [-0.25, -0.2) is 0 Å². The van der Waals surface area contributed by atoms with Gasteiger partial charge in [0.25, 0.3) is 0 Å². The number of aliphatic hydroxyl groups excluding tert-OH is 1. The Labute approximate surface area is 202 Å². The van der Waals surface area contributed by atoms with Crippen LogP contribution in [0.2, 0.25) is 0 Å². The van der Waals surface area contributed by atoms with Crippen molar-refractivity contribution < 1.29 is 19.4 Å². The molecular weight excluding hydrogens is 426 g/mol. The molecule has 1 N–H and O–H groups in total. The molecule has 5 nitrogen and oxygen atoms in total. The van der Waals surface area contributed by atoms with Gasteiger partial charge in [0.15, 0.2) is 0 Å². The molecule has 3 aliphatic rings. The SMILES string of the molecule is CC(=O)OC1=C2c3cc(O[C@H](C)CCCc4ccccc4)ccc3C3CCCN3C2CC(O)C1. The Bertz CT molecular complexity index is 1060. The predicted octanol–water partition coefficient (Wildman–Crippen LogP) is 5.42. The topological polar surface area (TPSA) is 59.0 Å². The van der Waals surface area contributed by atoms with Gasteiger partial charge in [-0.3, -0.25) is 9.69 Å². The van der Waals surface area contributed by atoms with Crippen LogP contribution in [0.4, 0.5) is 0 Å². The Morgan fingerprint density at radius 3 is 2.79 bits per heavy atom. The van der Waals surface area contributed by atoms with Gasteiger partial charge >= 0.3 is 5.97 Å². The molecule has 180 valence electrons. The maximum atomic E-state index is 11.9. The normalized spacial score (nSPS) is 24.7. The first-order valence-electron chi connectivity index (χ1n) is 12.7. The molecule has 1 fully saturated rings. The van der Waals surface area contributed by atoms with E-state index in [1.165, 1.54) is 18.1 Å². The molecule has 0 spiro atoms. The third-order valence-corrected chi connectivity index (χ3v) is 7.44. The van der Waals surface area contributed by atoms with Crippen molar-refractivity contribution in [3.05, 3.63) is 71.0 Å². The van der Waals surface area contributed by atoms with Crippen LogP contribution < -0.4 is 4.74 Å². The fourth-order valence-corrected chi connectivity index (χ4v) is 6.03. The number of ether oxygens (including phenoxy) is 2. The van der Waals surface area contributed by atoms with E-state index in [4.69, 9.17) is 9.47 Å². The van der Waals surface area contributed by atoms with Gasteiger partial charge in [-0.15, -0.1) is 0 Å². The molecule has 1 saturated heterocycles. The molecule has 1 aliphatic carbocycles. The van der Waals surface area contributed by atoms with Gasteiger partial charge in [0, 0.05) is 31.0 Å². The second-order valence-corrected chi connectivity index (χ2v) is 9.99. The number of benzene rings is 2. The maximum absolute atomic E-state index is 11.9. The lowest BCUT2D eigenvalue weighted by atomic mass is 9.78. The number of esters is 1. The molecule has 34 heavy (non-hydrogen) atoms. The van der Waals surface area contributed by atoms with Gasteiger partial charge in [0.05, 0.1) is 12.2 Å². The van der Waals surface area contributed by atoms with Crippen LogP contribution in [0.15, 0.2) is 54.3 Å². The first kappa shape index (κ1) is 23.1. The van der Waals surface area contributed by atoms with E-state index in [9.17, 15) is 9.90 Å². The number of nitrogens with zero attached hydrogens (tertiary/aromatic N) is 1. The summed E-state index contributed by atoms with van der Waals surface area (Å²) in [6.07, 6.45) is 6.05. The lowest BCUT2D eigenvalue weighted by Gasteiger charge is -2.44. The first-order valence-corrected chi connectivity index (χ1v) is 12.7. The average molecular weight is 462 g/mol. The molecule has 5 rings (SSSR count). The zero-order chi connectivity index (χ0) is 23.7. The minimum absolute atomic E-state index is 0.0802.